The summed E-state index contributed by atoms with van der Waals surface area (Å²) in [7, 11) is 1.34. The molecule has 10 heteroatoms. The summed E-state index contributed by atoms with van der Waals surface area (Å²) in [4.78, 5) is 18.9. The molecule has 0 radical (unpaired) electrons. The van der Waals surface area contributed by atoms with Gasteiger partial charge < -0.3 is 19.3 Å². The molecule has 0 atom stereocenters. The molecule has 2 rings (SSSR count). The van der Waals surface area contributed by atoms with Crippen molar-refractivity contribution in [2.75, 3.05) is 7.11 Å². The molecule has 7 nitrogen and oxygen atoms in total. The topological polar surface area (TPSA) is 90.8 Å². The second kappa shape index (κ2) is 9.47. The number of hydrogen-bond acceptors (Lipinski definition) is 6. The van der Waals surface area contributed by atoms with E-state index in [9.17, 15) is 23.1 Å². The van der Waals surface area contributed by atoms with Crippen LogP contribution >= 0.6 is 0 Å². The molecule has 1 N–H and O–H groups in total. The summed E-state index contributed by atoms with van der Waals surface area (Å²) >= 11 is 0. The minimum Gasteiger partial charge on any atom is -0.500 e. The summed E-state index contributed by atoms with van der Waals surface area (Å²) < 4.78 is 55.1. The molecule has 0 spiro atoms. The number of benzene rings is 1. The van der Waals surface area contributed by atoms with Gasteiger partial charge in [0.1, 0.15) is 17.9 Å². The van der Waals surface area contributed by atoms with Crippen molar-refractivity contribution in [2.24, 2.45) is 0 Å². The third kappa shape index (κ3) is 5.85. The van der Waals surface area contributed by atoms with Crippen LogP contribution in [0.3, 0.4) is 0 Å². The van der Waals surface area contributed by atoms with Crippen LogP contribution in [0.1, 0.15) is 37.6 Å². The number of carbonyl (C=O) groups is 1. The number of carboxylic acids is 1. The number of rotatable bonds is 8. The van der Waals surface area contributed by atoms with Crippen LogP contribution in [-0.4, -0.2) is 34.3 Å². The molecule has 0 amide bonds. The molecule has 0 unspecified atom stereocenters. The SMILES string of the molecule is COC(C)=C(C(=O)O)c1ccccc1COc1cc(C(F)(F)F)nc(OC(C)C)n1. The summed E-state index contributed by atoms with van der Waals surface area (Å²) in [5, 5.41) is 9.54. The molecule has 0 saturated heterocycles. The minimum atomic E-state index is -4.72. The molecule has 0 aliphatic carbocycles. The number of alkyl halides is 3. The maximum atomic E-state index is 13.1. The molecule has 1 aromatic heterocycles. The van der Waals surface area contributed by atoms with Crippen LogP contribution in [0.15, 0.2) is 36.1 Å². The molecule has 2 aromatic rings. The van der Waals surface area contributed by atoms with Gasteiger partial charge in [-0.05, 0) is 31.9 Å². The number of carboxylic acid groups (broad SMARTS) is 1. The molecule has 162 valence electrons. The van der Waals surface area contributed by atoms with Crippen LogP contribution in [0.4, 0.5) is 13.2 Å². The van der Waals surface area contributed by atoms with Crippen molar-refractivity contribution in [2.45, 2.75) is 39.7 Å². The van der Waals surface area contributed by atoms with E-state index in [-0.39, 0.29) is 23.8 Å². The van der Waals surface area contributed by atoms with Crippen molar-refractivity contribution < 1.29 is 37.3 Å². The second-order valence-corrected chi connectivity index (χ2v) is 6.42. The number of hydrogen-bond donors (Lipinski definition) is 1. The van der Waals surface area contributed by atoms with E-state index in [1.807, 2.05) is 0 Å². The van der Waals surface area contributed by atoms with Crippen LogP contribution in [0.2, 0.25) is 0 Å². The van der Waals surface area contributed by atoms with Crippen LogP contribution in [-0.2, 0) is 22.3 Å². The van der Waals surface area contributed by atoms with Crippen molar-refractivity contribution in [1.29, 1.82) is 0 Å². The predicted molar refractivity (Wildman–Crippen MR) is 101 cm³/mol. The van der Waals surface area contributed by atoms with Gasteiger partial charge in [-0.25, -0.2) is 4.79 Å². The highest BCUT2D eigenvalue weighted by molar-refractivity contribution is 6.16. The fourth-order valence-corrected chi connectivity index (χ4v) is 2.49. The molecule has 0 aliphatic rings. The molecular formula is C20H21F3N2O5. The van der Waals surface area contributed by atoms with Gasteiger partial charge >= 0.3 is 18.2 Å². The van der Waals surface area contributed by atoms with E-state index in [4.69, 9.17) is 14.2 Å². The van der Waals surface area contributed by atoms with E-state index in [0.29, 0.717) is 17.2 Å². The van der Waals surface area contributed by atoms with Crippen LogP contribution in [0.5, 0.6) is 11.9 Å². The molecular weight excluding hydrogens is 405 g/mol. The van der Waals surface area contributed by atoms with Gasteiger partial charge in [0.25, 0.3) is 0 Å². The number of ether oxygens (including phenoxy) is 3. The van der Waals surface area contributed by atoms with Crippen LogP contribution in [0, 0.1) is 0 Å². The van der Waals surface area contributed by atoms with Gasteiger partial charge in [-0.15, -0.1) is 0 Å². The van der Waals surface area contributed by atoms with E-state index in [2.05, 4.69) is 9.97 Å². The van der Waals surface area contributed by atoms with E-state index in [1.165, 1.54) is 14.0 Å². The highest BCUT2D eigenvalue weighted by Gasteiger charge is 2.34. The average molecular weight is 426 g/mol. The van der Waals surface area contributed by atoms with Gasteiger partial charge in [0.15, 0.2) is 5.69 Å². The summed E-state index contributed by atoms with van der Waals surface area (Å²) in [6, 6.07) is 6.62. The normalized spacial score (nSPS) is 12.4. The van der Waals surface area contributed by atoms with Crippen LogP contribution in [0.25, 0.3) is 5.57 Å². The number of nitrogens with zero attached hydrogens (tertiary/aromatic N) is 2. The van der Waals surface area contributed by atoms with Gasteiger partial charge in [0.05, 0.1) is 13.2 Å². The smallest absolute Gasteiger partial charge is 0.433 e. The Morgan fingerprint density at radius 3 is 2.43 bits per heavy atom. The molecule has 0 aliphatic heterocycles. The zero-order chi connectivity index (χ0) is 22.5. The van der Waals surface area contributed by atoms with Crippen molar-refractivity contribution in [3.63, 3.8) is 0 Å². The first-order valence-electron chi connectivity index (χ1n) is 8.85. The first-order chi connectivity index (χ1) is 14.0. The van der Waals surface area contributed by atoms with Crippen molar-refractivity contribution in [3.05, 3.63) is 52.9 Å². The van der Waals surface area contributed by atoms with E-state index in [1.54, 1.807) is 38.1 Å². The Labute approximate surface area is 171 Å². The lowest BCUT2D eigenvalue weighted by Gasteiger charge is -2.15. The van der Waals surface area contributed by atoms with E-state index in [0.717, 1.165) is 0 Å². The molecule has 1 heterocycles. The number of aliphatic carboxylic acids is 1. The number of halogens is 3. The largest absolute Gasteiger partial charge is 0.500 e. The number of aromatic nitrogens is 2. The Hall–Kier alpha value is -3.30. The lowest BCUT2D eigenvalue weighted by Crippen LogP contribution is -2.14. The quantitative estimate of drug-likeness (QED) is 0.496. The van der Waals surface area contributed by atoms with Crippen LogP contribution < -0.4 is 9.47 Å². The first-order valence-corrected chi connectivity index (χ1v) is 8.85. The summed E-state index contributed by atoms with van der Waals surface area (Å²) in [5.74, 6) is -1.40. The third-order valence-corrected chi connectivity index (χ3v) is 3.85. The average Bonchev–Trinajstić information content (AvgIpc) is 2.65. The number of methoxy groups -OCH3 is 1. The van der Waals surface area contributed by atoms with Gasteiger partial charge in [-0.1, -0.05) is 24.3 Å². The predicted octanol–water partition coefficient (Wildman–Crippen LogP) is 4.32. The van der Waals surface area contributed by atoms with Crippen molar-refractivity contribution in [3.8, 4) is 11.9 Å². The Bertz CT molecular complexity index is 942. The fraction of sp³-hybridized carbons (Fsp3) is 0.350. The highest BCUT2D eigenvalue weighted by Crippen LogP contribution is 2.31. The maximum absolute atomic E-state index is 13.1. The standard InChI is InChI=1S/C20H21F3N2O5/c1-11(2)30-19-24-15(20(21,22)23)9-16(25-19)29-10-13-7-5-6-8-14(13)17(18(26)27)12(3)28-4/h5-9,11H,10H2,1-4H3,(H,26,27). The Morgan fingerprint density at radius 2 is 1.87 bits per heavy atom. The van der Waals surface area contributed by atoms with Gasteiger partial charge in [0.2, 0.25) is 5.88 Å². The maximum Gasteiger partial charge on any atom is 0.433 e. The second-order valence-electron chi connectivity index (χ2n) is 6.42. The minimum absolute atomic E-state index is 0.0841. The molecule has 1 aromatic carbocycles. The Kier molecular flexibility index (Phi) is 7.25. The first kappa shape index (κ1) is 23.0. The molecule has 0 fully saturated rings. The Balaban J connectivity index is 2.39. The molecule has 0 saturated carbocycles. The molecule has 0 bridgehead atoms. The number of allylic oxidation sites excluding steroid dienone is 1. The Morgan fingerprint density at radius 1 is 1.20 bits per heavy atom. The van der Waals surface area contributed by atoms with Gasteiger partial charge in [-0.2, -0.15) is 23.1 Å². The summed E-state index contributed by atoms with van der Waals surface area (Å²) in [5.41, 5.74) is -0.560. The van der Waals surface area contributed by atoms with Crippen molar-refractivity contribution in [1.82, 2.24) is 9.97 Å². The van der Waals surface area contributed by atoms with Crippen molar-refractivity contribution >= 4 is 11.5 Å². The monoisotopic (exact) mass is 426 g/mol. The van der Waals surface area contributed by atoms with E-state index >= 15 is 0 Å². The lowest BCUT2D eigenvalue weighted by atomic mass is 9.99. The fourth-order valence-electron chi connectivity index (χ4n) is 2.49. The zero-order valence-corrected chi connectivity index (χ0v) is 16.8. The highest BCUT2D eigenvalue weighted by atomic mass is 19.4. The summed E-state index contributed by atoms with van der Waals surface area (Å²) in [6.07, 6.45) is -5.16. The van der Waals surface area contributed by atoms with E-state index < -0.39 is 30.0 Å². The lowest BCUT2D eigenvalue weighted by molar-refractivity contribution is -0.141. The zero-order valence-electron chi connectivity index (χ0n) is 16.8. The summed E-state index contributed by atoms with van der Waals surface area (Å²) in [6.45, 7) is 4.51. The van der Waals surface area contributed by atoms with Gasteiger partial charge in [-0.3, -0.25) is 0 Å². The molecule has 30 heavy (non-hydrogen) atoms. The third-order valence-electron chi connectivity index (χ3n) is 3.85. The van der Waals surface area contributed by atoms with Gasteiger partial charge in [0, 0.05) is 6.07 Å².